The molecule has 2 fully saturated rings. The second-order valence-electron chi connectivity index (χ2n) is 8.07. The zero-order valence-electron chi connectivity index (χ0n) is 17.6. The SMILES string of the molecule is CCNC(=NCC(C(C)C)N1CCOCC1)NCC1CC1c1ccccc1.I. The van der Waals surface area contributed by atoms with Crippen LogP contribution in [0.25, 0.3) is 0 Å². The summed E-state index contributed by atoms with van der Waals surface area (Å²) in [5.41, 5.74) is 1.47. The van der Waals surface area contributed by atoms with Gasteiger partial charge in [0.25, 0.3) is 0 Å². The number of nitrogens with one attached hydrogen (secondary N) is 2. The summed E-state index contributed by atoms with van der Waals surface area (Å²) in [6.07, 6.45) is 1.28. The van der Waals surface area contributed by atoms with Crippen LogP contribution in [0.4, 0.5) is 0 Å². The molecule has 1 saturated heterocycles. The first-order chi connectivity index (χ1) is 13.2. The molecule has 1 aromatic rings. The van der Waals surface area contributed by atoms with Crippen LogP contribution in [0, 0.1) is 11.8 Å². The van der Waals surface area contributed by atoms with Crippen molar-refractivity contribution in [1.82, 2.24) is 15.5 Å². The van der Waals surface area contributed by atoms with Crippen LogP contribution < -0.4 is 10.6 Å². The summed E-state index contributed by atoms with van der Waals surface area (Å²) in [7, 11) is 0. The number of aliphatic imine (C=N–C) groups is 1. The number of halogens is 1. The monoisotopic (exact) mass is 500 g/mol. The summed E-state index contributed by atoms with van der Waals surface area (Å²) in [6, 6.07) is 11.3. The molecular weight excluding hydrogens is 463 g/mol. The molecule has 0 spiro atoms. The summed E-state index contributed by atoms with van der Waals surface area (Å²) in [5.74, 6) is 2.96. The number of rotatable bonds is 8. The second kappa shape index (κ2) is 12.0. The lowest BCUT2D eigenvalue weighted by Gasteiger charge is -2.36. The fourth-order valence-corrected chi connectivity index (χ4v) is 3.99. The van der Waals surface area contributed by atoms with Crippen LogP contribution in [0.5, 0.6) is 0 Å². The van der Waals surface area contributed by atoms with Gasteiger partial charge in [0.1, 0.15) is 0 Å². The molecular formula is C22H37IN4O. The van der Waals surface area contributed by atoms with E-state index in [9.17, 15) is 0 Å². The predicted octanol–water partition coefficient (Wildman–Crippen LogP) is 3.32. The molecule has 1 heterocycles. The first-order valence-electron chi connectivity index (χ1n) is 10.6. The van der Waals surface area contributed by atoms with Crippen molar-refractivity contribution in [2.24, 2.45) is 16.8 Å². The van der Waals surface area contributed by atoms with Gasteiger partial charge in [0.05, 0.1) is 19.8 Å². The van der Waals surface area contributed by atoms with E-state index in [2.05, 4.69) is 66.6 Å². The van der Waals surface area contributed by atoms with Crippen molar-refractivity contribution in [3.05, 3.63) is 35.9 Å². The van der Waals surface area contributed by atoms with Gasteiger partial charge in [-0.05, 0) is 36.7 Å². The van der Waals surface area contributed by atoms with Crippen LogP contribution in [-0.2, 0) is 4.74 Å². The largest absolute Gasteiger partial charge is 0.379 e. The van der Waals surface area contributed by atoms with Crippen molar-refractivity contribution in [2.75, 3.05) is 45.9 Å². The molecule has 28 heavy (non-hydrogen) atoms. The topological polar surface area (TPSA) is 48.9 Å². The van der Waals surface area contributed by atoms with E-state index in [-0.39, 0.29) is 24.0 Å². The third-order valence-corrected chi connectivity index (χ3v) is 5.75. The van der Waals surface area contributed by atoms with Crippen LogP contribution in [0.1, 0.15) is 38.7 Å². The highest BCUT2D eigenvalue weighted by molar-refractivity contribution is 14.0. The Morgan fingerprint density at radius 1 is 1.18 bits per heavy atom. The third kappa shape index (κ3) is 6.88. The Labute approximate surface area is 187 Å². The van der Waals surface area contributed by atoms with Crippen LogP contribution in [0.15, 0.2) is 35.3 Å². The highest BCUT2D eigenvalue weighted by Gasteiger charge is 2.37. The van der Waals surface area contributed by atoms with Crippen LogP contribution in [-0.4, -0.2) is 62.8 Å². The Morgan fingerprint density at radius 3 is 2.54 bits per heavy atom. The van der Waals surface area contributed by atoms with Crippen LogP contribution in [0.3, 0.4) is 0 Å². The summed E-state index contributed by atoms with van der Waals surface area (Å²) in [6.45, 7) is 13.2. The quantitative estimate of drug-likeness (QED) is 0.327. The summed E-state index contributed by atoms with van der Waals surface area (Å²) < 4.78 is 5.51. The number of morpholine rings is 1. The molecule has 3 atom stereocenters. The van der Waals surface area contributed by atoms with Gasteiger partial charge in [-0.25, -0.2) is 0 Å². The van der Waals surface area contributed by atoms with Crippen molar-refractivity contribution in [2.45, 2.75) is 39.2 Å². The summed E-state index contributed by atoms with van der Waals surface area (Å²) in [5, 5.41) is 6.99. The number of guanidine groups is 1. The lowest BCUT2D eigenvalue weighted by Crippen LogP contribution is -2.48. The molecule has 3 unspecified atom stereocenters. The molecule has 1 aliphatic carbocycles. The third-order valence-electron chi connectivity index (χ3n) is 5.75. The van der Waals surface area contributed by atoms with E-state index in [4.69, 9.17) is 9.73 Å². The molecule has 5 nitrogen and oxygen atoms in total. The highest BCUT2D eigenvalue weighted by Crippen LogP contribution is 2.46. The smallest absolute Gasteiger partial charge is 0.191 e. The summed E-state index contributed by atoms with van der Waals surface area (Å²) >= 11 is 0. The maximum atomic E-state index is 5.51. The van der Waals surface area contributed by atoms with E-state index in [1.807, 2.05) is 0 Å². The average Bonchev–Trinajstić information content (AvgIpc) is 3.47. The van der Waals surface area contributed by atoms with Crippen molar-refractivity contribution in [1.29, 1.82) is 0 Å². The number of ether oxygens (including phenoxy) is 1. The van der Waals surface area contributed by atoms with E-state index in [1.54, 1.807) is 0 Å². The molecule has 1 aliphatic heterocycles. The Kier molecular flexibility index (Phi) is 10.0. The van der Waals surface area contributed by atoms with E-state index < -0.39 is 0 Å². The minimum Gasteiger partial charge on any atom is -0.379 e. The molecule has 2 aliphatic rings. The average molecular weight is 500 g/mol. The van der Waals surface area contributed by atoms with Crippen molar-refractivity contribution >= 4 is 29.9 Å². The molecule has 3 rings (SSSR count). The minimum atomic E-state index is 0. The van der Waals surface area contributed by atoms with E-state index in [0.29, 0.717) is 17.9 Å². The molecule has 0 amide bonds. The molecule has 1 aromatic carbocycles. The van der Waals surface area contributed by atoms with Gasteiger partial charge in [0.15, 0.2) is 5.96 Å². The fraction of sp³-hybridized carbons (Fsp3) is 0.682. The molecule has 0 radical (unpaired) electrons. The maximum absolute atomic E-state index is 5.51. The minimum absolute atomic E-state index is 0. The van der Waals surface area contributed by atoms with E-state index >= 15 is 0 Å². The van der Waals surface area contributed by atoms with Gasteiger partial charge in [-0.1, -0.05) is 44.2 Å². The van der Waals surface area contributed by atoms with Gasteiger partial charge in [-0.15, -0.1) is 24.0 Å². The molecule has 0 aromatic heterocycles. The van der Waals surface area contributed by atoms with Gasteiger partial charge < -0.3 is 15.4 Å². The van der Waals surface area contributed by atoms with Gasteiger partial charge in [0.2, 0.25) is 0 Å². The standard InChI is InChI=1S/C22H36N4O.HI/c1-4-23-22(24-15-19-14-20(19)18-8-6-5-7-9-18)25-16-21(17(2)3)26-10-12-27-13-11-26;/h5-9,17,19-21H,4,10-16H2,1-3H3,(H2,23,24,25);1H. The number of nitrogens with zero attached hydrogens (tertiary/aromatic N) is 2. The van der Waals surface area contributed by atoms with Crippen molar-refractivity contribution in [3.8, 4) is 0 Å². The molecule has 1 saturated carbocycles. The molecule has 158 valence electrons. The first-order valence-corrected chi connectivity index (χ1v) is 10.6. The molecule has 0 bridgehead atoms. The number of hydrogen-bond acceptors (Lipinski definition) is 3. The maximum Gasteiger partial charge on any atom is 0.191 e. The van der Waals surface area contributed by atoms with Gasteiger partial charge in [-0.3, -0.25) is 9.89 Å². The Balaban J connectivity index is 0.00000280. The number of hydrogen-bond donors (Lipinski definition) is 2. The molecule has 6 heteroatoms. The lowest BCUT2D eigenvalue weighted by molar-refractivity contribution is 0.00867. The van der Waals surface area contributed by atoms with Crippen molar-refractivity contribution in [3.63, 3.8) is 0 Å². The molecule has 2 N–H and O–H groups in total. The zero-order chi connectivity index (χ0) is 19.1. The first kappa shape index (κ1) is 23.4. The zero-order valence-corrected chi connectivity index (χ0v) is 19.9. The van der Waals surface area contributed by atoms with Gasteiger partial charge in [0, 0.05) is 32.2 Å². The van der Waals surface area contributed by atoms with Crippen LogP contribution >= 0.6 is 24.0 Å². The van der Waals surface area contributed by atoms with Gasteiger partial charge in [-0.2, -0.15) is 0 Å². The Morgan fingerprint density at radius 2 is 1.89 bits per heavy atom. The highest BCUT2D eigenvalue weighted by atomic mass is 127. The van der Waals surface area contributed by atoms with E-state index in [0.717, 1.165) is 57.8 Å². The fourth-order valence-electron chi connectivity index (χ4n) is 3.99. The predicted molar refractivity (Wildman–Crippen MR) is 128 cm³/mol. The van der Waals surface area contributed by atoms with E-state index in [1.165, 1.54) is 12.0 Å². The van der Waals surface area contributed by atoms with Crippen molar-refractivity contribution < 1.29 is 4.74 Å². The van der Waals surface area contributed by atoms with Gasteiger partial charge >= 0.3 is 0 Å². The Bertz CT molecular complexity index is 589. The second-order valence-corrected chi connectivity index (χ2v) is 8.07. The lowest BCUT2D eigenvalue weighted by atomic mass is 10.0. The Hall–Kier alpha value is -0.860. The number of benzene rings is 1. The summed E-state index contributed by atoms with van der Waals surface area (Å²) in [4.78, 5) is 7.45. The van der Waals surface area contributed by atoms with Crippen LogP contribution in [0.2, 0.25) is 0 Å². The normalized spacial score (nSPS) is 23.8.